The molecule has 0 radical (unpaired) electrons. The van der Waals surface area contributed by atoms with Crippen molar-refractivity contribution in [2.24, 2.45) is 5.84 Å². The lowest BCUT2D eigenvalue weighted by Crippen LogP contribution is -2.29. The van der Waals surface area contributed by atoms with Crippen molar-refractivity contribution in [2.75, 3.05) is 13.2 Å². The van der Waals surface area contributed by atoms with Crippen LogP contribution < -0.4 is 11.3 Å². The third kappa shape index (κ3) is 4.17. The largest absolute Gasteiger partial charge is 0.381 e. The highest BCUT2D eigenvalue weighted by molar-refractivity contribution is 9.10. The molecule has 1 atom stereocenters. The van der Waals surface area contributed by atoms with Crippen LogP contribution in [0.2, 0.25) is 5.02 Å². The highest BCUT2D eigenvalue weighted by atomic mass is 79.9. The first-order valence-electron chi connectivity index (χ1n) is 5.79. The van der Waals surface area contributed by atoms with Crippen molar-refractivity contribution in [3.8, 4) is 0 Å². The number of hydrogen-bond donors (Lipinski definition) is 2. The predicted octanol–water partition coefficient (Wildman–Crippen LogP) is 3.56. The Kier molecular flexibility index (Phi) is 7.11. The fraction of sp³-hybridized carbons (Fsp3) is 0.500. The van der Waals surface area contributed by atoms with E-state index in [1.165, 1.54) is 0 Å². The Labute approximate surface area is 120 Å². The van der Waals surface area contributed by atoms with E-state index in [1.54, 1.807) is 12.1 Å². The van der Waals surface area contributed by atoms with E-state index in [-0.39, 0.29) is 11.1 Å². The molecule has 0 saturated carbocycles. The van der Waals surface area contributed by atoms with E-state index in [0.29, 0.717) is 29.7 Å². The van der Waals surface area contributed by atoms with Crippen LogP contribution in [0.1, 0.15) is 31.4 Å². The molecule has 0 aliphatic rings. The molecule has 1 rings (SSSR count). The van der Waals surface area contributed by atoms with Gasteiger partial charge in [-0.1, -0.05) is 24.6 Å². The number of rotatable bonds is 7. The minimum Gasteiger partial charge on any atom is -0.381 e. The van der Waals surface area contributed by atoms with Crippen molar-refractivity contribution in [3.63, 3.8) is 0 Å². The van der Waals surface area contributed by atoms with Crippen molar-refractivity contribution in [3.05, 3.63) is 33.0 Å². The normalized spacial score (nSPS) is 12.7. The molecule has 102 valence electrons. The minimum absolute atomic E-state index is 0.0715. The van der Waals surface area contributed by atoms with Crippen molar-refractivity contribution < 1.29 is 9.13 Å². The quantitative estimate of drug-likeness (QED) is 0.345. The van der Waals surface area contributed by atoms with Gasteiger partial charge in [0.1, 0.15) is 5.82 Å². The number of ether oxygens (including phenoxy) is 1. The van der Waals surface area contributed by atoms with E-state index in [0.717, 1.165) is 6.42 Å². The number of halogens is 3. The van der Waals surface area contributed by atoms with Crippen LogP contribution in [0, 0.1) is 5.82 Å². The molecule has 0 aliphatic heterocycles. The van der Waals surface area contributed by atoms with E-state index >= 15 is 0 Å². The first kappa shape index (κ1) is 15.9. The summed E-state index contributed by atoms with van der Waals surface area (Å²) >= 11 is 9.02. The van der Waals surface area contributed by atoms with Gasteiger partial charge in [-0.25, -0.2) is 4.39 Å². The summed E-state index contributed by atoms with van der Waals surface area (Å²) in [4.78, 5) is 0. The van der Waals surface area contributed by atoms with Gasteiger partial charge in [-0.3, -0.25) is 11.3 Å². The molecule has 0 amide bonds. The second kappa shape index (κ2) is 8.07. The Bertz CT molecular complexity index is 393. The molecule has 0 aliphatic carbocycles. The summed E-state index contributed by atoms with van der Waals surface area (Å²) in [5.74, 6) is 5.00. The lowest BCUT2D eigenvalue weighted by atomic mass is 10.0. The first-order valence-corrected chi connectivity index (χ1v) is 6.96. The molecule has 0 bridgehead atoms. The minimum atomic E-state index is -0.454. The summed E-state index contributed by atoms with van der Waals surface area (Å²) in [6, 6.07) is 3.06. The molecule has 6 heteroatoms. The zero-order valence-corrected chi connectivity index (χ0v) is 12.5. The van der Waals surface area contributed by atoms with E-state index in [4.69, 9.17) is 22.2 Å². The van der Waals surface area contributed by atoms with Crippen LogP contribution in [0.4, 0.5) is 4.39 Å². The molecule has 1 unspecified atom stereocenters. The summed E-state index contributed by atoms with van der Waals surface area (Å²) in [5.41, 5.74) is 3.04. The summed E-state index contributed by atoms with van der Waals surface area (Å²) in [6.07, 6.45) is 1.55. The van der Waals surface area contributed by atoms with Gasteiger partial charge < -0.3 is 4.74 Å². The Morgan fingerprint density at radius 2 is 2.22 bits per heavy atom. The van der Waals surface area contributed by atoms with Gasteiger partial charge in [-0.05, 0) is 34.8 Å². The SMILES string of the molecule is CCCOCCC(NN)c1ccc(Br)c(Cl)c1F. The Morgan fingerprint density at radius 3 is 2.83 bits per heavy atom. The number of hydrogen-bond acceptors (Lipinski definition) is 3. The summed E-state index contributed by atoms with van der Waals surface area (Å²) < 4.78 is 19.9. The number of benzene rings is 1. The molecule has 0 saturated heterocycles. The topological polar surface area (TPSA) is 47.3 Å². The number of nitrogens with two attached hydrogens (primary N) is 1. The summed E-state index contributed by atoms with van der Waals surface area (Å²) in [7, 11) is 0. The van der Waals surface area contributed by atoms with Gasteiger partial charge in [-0.2, -0.15) is 0 Å². The molecule has 1 aromatic rings. The van der Waals surface area contributed by atoms with Crippen LogP contribution in [0.5, 0.6) is 0 Å². The third-order valence-corrected chi connectivity index (χ3v) is 3.80. The lowest BCUT2D eigenvalue weighted by Gasteiger charge is -2.18. The Morgan fingerprint density at radius 1 is 1.50 bits per heavy atom. The maximum atomic E-state index is 14.0. The summed E-state index contributed by atoms with van der Waals surface area (Å²) in [6.45, 7) is 3.25. The van der Waals surface area contributed by atoms with Gasteiger partial charge in [0, 0.05) is 23.2 Å². The smallest absolute Gasteiger partial charge is 0.147 e. The van der Waals surface area contributed by atoms with Crippen LogP contribution in [-0.2, 0) is 4.74 Å². The van der Waals surface area contributed by atoms with Crippen LogP contribution in [0.25, 0.3) is 0 Å². The van der Waals surface area contributed by atoms with Gasteiger partial charge in [-0.15, -0.1) is 0 Å². The number of nitrogens with one attached hydrogen (secondary N) is 1. The van der Waals surface area contributed by atoms with Crippen molar-refractivity contribution in [1.29, 1.82) is 0 Å². The van der Waals surface area contributed by atoms with Gasteiger partial charge >= 0.3 is 0 Å². The van der Waals surface area contributed by atoms with Crippen molar-refractivity contribution in [1.82, 2.24) is 5.43 Å². The second-order valence-corrected chi connectivity index (χ2v) is 5.12. The van der Waals surface area contributed by atoms with Crippen LogP contribution >= 0.6 is 27.5 Å². The van der Waals surface area contributed by atoms with Gasteiger partial charge in [0.05, 0.1) is 11.1 Å². The van der Waals surface area contributed by atoms with Crippen molar-refractivity contribution >= 4 is 27.5 Å². The van der Waals surface area contributed by atoms with E-state index in [2.05, 4.69) is 21.4 Å². The van der Waals surface area contributed by atoms with Gasteiger partial charge in [0.2, 0.25) is 0 Å². The van der Waals surface area contributed by atoms with Gasteiger partial charge in [0.25, 0.3) is 0 Å². The molecule has 0 fully saturated rings. The van der Waals surface area contributed by atoms with E-state index in [1.807, 2.05) is 6.92 Å². The zero-order chi connectivity index (χ0) is 13.5. The Balaban J connectivity index is 2.73. The fourth-order valence-electron chi connectivity index (χ4n) is 1.59. The van der Waals surface area contributed by atoms with Crippen LogP contribution in [0.15, 0.2) is 16.6 Å². The average Bonchev–Trinajstić information content (AvgIpc) is 2.38. The molecule has 18 heavy (non-hydrogen) atoms. The first-order chi connectivity index (χ1) is 8.61. The summed E-state index contributed by atoms with van der Waals surface area (Å²) in [5, 5.41) is 0.0715. The van der Waals surface area contributed by atoms with E-state index in [9.17, 15) is 4.39 Å². The standard InChI is InChI=1S/C12H17BrClFN2O/c1-2-6-18-7-5-10(17-16)8-3-4-9(13)11(14)12(8)15/h3-4,10,17H,2,5-7,16H2,1H3. The predicted molar refractivity (Wildman–Crippen MR) is 74.9 cm³/mol. The molecular formula is C12H17BrClFN2O. The highest BCUT2D eigenvalue weighted by Crippen LogP contribution is 2.31. The maximum absolute atomic E-state index is 14.0. The van der Waals surface area contributed by atoms with Crippen LogP contribution in [0.3, 0.4) is 0 Å². The monoisotopic (exact) mass is 338 g/mol. The van der Waals surface area contributed by atoms with Crippen molar-refractivity contribution in [2.45, 2.75) is 25.8 Å². The average molecular weight is 340 g/mol. The zero-order valence-electron chi connectivity index (χ0n) is 10.2. The molecule has 0 spiro atoms. The molecule has 0 heterocycles. The van der Waals surface area contributed by atoms with Crippen LogP contribution in [-0.4, -0.2) is 13.2 Å². The maximum Gasteiger partial charge on any atom is 0.147 e. The molecule has 1 aromatic carbocycles. The molecule has 3 nitrogen and oxygen atoms in total. The van der Waals surface area contributed by atoms with Gasteiger partial charge in [0.15, 0.2) is 0 Å². The molecular weight excluding hydrogens is 322 g/mol. The number of hydrazine groups is 1. The fourth-order valence-corrected chi connectivity index (χ4v) is 2.06. The highest BCUT2D eigenvalue weighted by Gasteiger charge is 2.18. The lowest BCUT2D eigenvalue weighted by molar-refractivity contribution is 0.124. The third-order valence-electron chi connectivity index (χ3n) is 2.54. The molecule has 3 N–H and O–H groups in total. The van der Waals surface area contributed by atoms with E-state index < -0.39 is 5.82 Å². The second-order valence-electron chi connectivity index (χ2n) is 3.88. The molecule has 0 aromatic heterocycles. The Hall–Kier alpha value is -0.200.